The highest BCUT2D eigenvalue weighted by Gasteiger charge is 2.14. The summed E-state index contributed by atoms with van der Waals surface area (Å²) in [5.41, 5.74) is 0.253. The maximum Gasteiger partial charge on any atom is 0.335 e. The number of piperazine rings is 1. The molecule has 28 heavy (non-hydrogen) atoms. The molecule has 3 N–H and O–H groups in total. The lowest BCUT2D eigenvalue weighted by atomic mass is 10.0. The fourth-order valence-corrected chi connectivity index (χ4v) is 3.19. The van der Waals surface area contributed by atoms with E-state index in [1.165, 1.54) is 6.21 Å². The Morgan fingerprint density at radius 2 is 1.86 bits per heavy atom. The van der Waals surface area contributed by atoms with Crippen LogP contribution in [0.25, 0.3) is 5.69 Å². The molecule has 0 unspecified atom stereocenters. The van der Waals surface area contributed by atoms with Gasteiger partial charge in [0, 0.05) is 38.9 Å². The van der Waals surface area contributed by atoms with Crippen molar-refractivity contribution >= 4 is 6.21 Å². The SMILES string of the molecule is CC(C)c1ccc(-n2c(O)c(C=NCCN3CCNCC3)c(=O)[nH]c2=O)cc1. The molecule has 1 fully saturated rings. The Hall–Kier alpha value is -2.71. The van der Waals surface area contributed by atoms with Crippen LogP contribution in [-0.2, 0) is 0 Å². The number of aliphatic imine (C=N–C) groups is 1. The van der Waals surface area contributed by atoms with Crippen LogP contribution in [0.2, 0.25) is 0 Å². The van der Waals surface area contributed by atoms with Crippen LogP contribution in [0.5, 0.6) is 5.88 Å². The van der Waals surface area contributed by atoms with Gasteiger partial charge in [0.1, 0.15) is 5.56 Å². The largest absolute Gasteiger partial charge is 0.493 e. The zero-order chi connectivity index (χ0) is 20.1. The van der Waals surface area contributed by atoms with Crippen LogP contribution in [0.15, 0.2) is 38.8 Å². The number of H-pyrrole nitrogens is 1. The number of benzene rings is 1. The minimum Gasteiger partial charge on any atom is -0.493 e. The van der Waals surface area contributed by atoms with Gasteiger partial charge >= 0.3 is 5.69 Å². The maximum absolute atomic E-state index is 12.3. The van der Waals surface area contributed by atoms with Crippen molar-refractivity contribution in [1.82, 2.24) is 19.8 Å². The van der Waals surface area contributed by atoms with Gasteiger partial charge in [-0.25, -0.2) is 9.36 Å². The highest BCUT2D eigenvalue weighted by molar-refractivity contribution is 5.82. The van der Waals surface area contributed by atoms with Crippen LogP contribution in [0.1, 0.15) is 30.9 Å². The van der Waals surface area contributed by atoms with Gasteiger partial charge in [0.25, 0.3) is 5.56 Å². The molecule has 0 aliphatic carbocycles. The zero-order valence-electron chi connectivity index (χ0n) is 16.3. The van der Waals surface area contributed by atoms with E-state index >= 15 is 0 Å². The van der Waals surface area contributed by atoms with Crippen LogP contribution in [0, 0.1) is 0 Å². The molecule has 0 amide bonds. The summed E-state index contributed by atoms with van der Waals surface area (Å²) in [6.07, 6.45) is 1.34. The molecule has 1 aromatic carbocycles. The molecule has 0 spiro atoms. The Morgan fingerprint density at radius 1 is 1.18 bits per heavy atom. The molecular weight excluding hydrogens is 358 g/mol. The molecule has 1 aromatic heterocycles. The molecule has 8 heteroatoms. The number of aromatic hydroxyl groups is 1. The van der Waals surface area contributed by atoms with Crippen LogP contribution in [-0.4, -0.2) is 65.0 Å². The predicted molar refractivity (Wildman–Crippen MR) is 110 cm³/mol. The van der Waals surface area contributed by atoms with Gasteiger partial charge in [-0.3, -0.25) is 19.7 Å². The van der Waals surface area contributed by atoms with Gasteiger partial charge < -0.3 is 10.4 Å². The number of aromatic nitrogens is 2. The average molecular weight is 385 g/mol. The van der Waals surface area contributed by atoms with Crippen molar-refractivity contribution in [2.24, 2.45) is 4.99 Å². The summed E-state index contributed by atoms with van der Waals surface area (Å²) in [5, 5.41) is 13.9. The monoisotopic (exact) mass is 385 g/mol. The smallest absolute Gasteiger partial charge is 0.335 e. The second kappa shape index (κ2) is 8.99. The van der Waals surface area contributed by atoms with E-state index in [0.717, 1.165) is 42.9 Å². The van der Waals surface area contributed by atoms with Gasteiger partial charge in [0.2, 0.25) is 5.88 Å². The molecular formula is C20H27N5O3. The van der Waals surface area contributed by atoms with Gasteiger partial charge in [-0.15, -0.1) is 0 Å². The number of nitrogens with zero attached hydrogens (tertiary/aromatic N) is 3. The third kappa shape index (κ3) is 4.58. The molecule has 8 nitrogen and oxygen atoms in total. The second-order valence-electron chi connectivity index (χ2n) is 7.21. The van der Waals surface area contributed by atoms with Crippen molar-refractivity contribution < 1.29 is 5.11 Å². The summed E-state index contributed by atoms with van der Waals surface area (Å²) in [5.74, 6) is -0.0506. The van der Waals surface area contributed by atoms with Crippen molar-refractivity contribution in [3.63, 3.8) is 0 Å². The lowest BCUT2D eigenvalue weighted by molar-refractivity contribution is 0.248. The number of rotatable bonds is 6. The Kier molecular flexibility index (Phi) is 6.43. The zero-order valence-corrected chi connectivity index (χ0v) is 16.3. The molecule has 0 saturated carbocycles. The Morgan fingerprint density at radius 3 is 2.50 bits per heavy atom. The molecule has 1 aliphatic heterocycles. The fourth-order valence-electron chi connectivity index (χ4n) is 3.19. The van der Waals surface area contributed by atoms with Crippen molar-refractivity contribution in [2.75, 3.05) is 39.3 Å². The van der Waals surface area contributed by atoms with E-state index in [1.807, 2.05) is 12.1 Å². The van der Waals surface area contributed by atoms with Gasteiger partial charge in [-0.05, 0) is 23.6 Å². The van der Waals surface area contributed by atoms with Crippen molar-refractivity contribution in [3.05, 3.63) is 56.2 Å². The predicted octanol–water partition coefficient (Wildman–Crippen LogP) is 0.679. The summed E-state index contributed by atoms with van der Waals surface area (Å²) in [4.78, 5) is 33.2. The first-order valence-electron chi connectivity index (χ1n) is 9.59. The van der Waals surface area contributed by atoms with Crippen molar-refractivity contribution in [1.29, 1.82) is 0 Å². The molecule has 0 atom stereocenters. The van der Waals surface area contributed by atoms with E-state index in [0.29, 0.717) is 18.2 Å². The maximum atomic E-state index is 12.3. The lowest BCUT2D eigenvalue weighted by Gasteiger charge is -2.26. The standard InChI is InChI=1S/C20H27N5O3/c1-14(2)15-3-5-16(6-4-15)25-19(27)17(18(26)23-20(25)28)13-22-9-12-24-10-7-21-8-11-24/h3-6,13-14,21,27H,7-12H2,1-2H3,(H,23,26,28). The van der Waals surface area contributed by atoms with Crippen molar-refractivity contribution in [2.45, 2.75) is 19.8 Å². The van der Waals surface area contributed by atoms with E-state index in [2.05, 4.69) is 34.0 Å². The fraction of sp³-hybridized carbons (Fsp3) is 0.450. The van der Waals surface area contributed by atoms with E-state index in [1.54, 1.807) is 12.1 Å². The molecule has 150 valence electrons. The molecule has 0 radical (unpaired) electrons. The first kappa shape index (κ1) is 20.0. The number of aromatic amines is 1. The summed E-state index contributed by atoms with van der Waals surface area (Å²) < 4.78 is 1.09. The summed E-state index contributed by atoms with van der Waals surface area (Å²) in [7, 11) is 0. The molecule has 2 heterocycles. The highest BCUT2D eigenvalue weighted by atomic mass is 16.3. The van der Waals surface area contributed by atoms with Gasteiger partial charge in [0.15, 0.2) is 0 Å². The first-order valence-corrected chi connectivity index (χ1v) is 9.59. The summed E-state index contributed by atoms with van der Waals surface area (Å²) >= 11 is 0. The third-order valence-electron chi connectivity index (χ3n) is 4.91. The Balaban J connectivity index is 1.82. The second-order valence-corrected chi connectivity index (χ2v) is 7.21. The quantitative estimate of drug-likeness (QED) is 0.635. The highest BCUT2D eigenvalue weighted by Crippen LogP contribution is 2.19. The van der Waals surface area contributed by atoms with Crippen LogP contribution in [0.3, 0.4) is 0 Å². The van der Waals surface area contributed by atoms with E-state index in [-0.39, 0.29) is 5.56 Å². The first-order chi connectivity index (χ1) is 13.5. The number of nitrogens with one attached hydrogen (secondary N) is 2. The molecule has 2 aromatic rings. The average Bonchev–Trinajstić information content (AvgIpc) is 2.68. The molecule has 1 aliphatic rings. The van der Waals surface area contributed by atoms with Crippen molar-refractivity contribution in [3.8, 4) is 11.6 Å². The van der Waals surface area contributed by atoms with Crippen LogP contribution >= 0.6 is 0 Å². The lowest BCUT2D eigenvalue weighted by Crippen LogP contribution is -2.44. The minimum absolute atomic E-state index is 0.0205. The van der Waals surface area contributed by atoms with E-state index < -0.39 is 17.1 Å². The van der Waals surface area contributed by atoms with Gasteiger partial charge in [-0.1, -0.05) is 26.0 Å². The van der Waals surface area contributed by atoms with Gasteiger partial charge in [-0.2, -0.15) is 0 Å². The van der Waals surface area contributed by atoms with E-state index in [9.17, 15) is 14.7 Å². The van der Waals surface area contributed by atoms with Crippen LogP contribution < -0.4 is 16.6 Å². The number of hydrogen-bond acceptors (Lipinski definition) is 6. The summed E-state index contributed by atoms with van der Waals surface area (Å²) in [6, 6.07) is 7.30. The normalized spacial score (nSPS) is 15.5. The minimum atomic E-state index is -0.683. The summed E-state index contributed by atoms with van der Waals surface area (Å²) in [6.45, 7) is 9.32. The van der Waals surface area contributed by atoms with E-state index in [4.69, 9.17) is 0 Å². The topological polar surface area (TPSA) is 103 Å². The Labute approximate surface area is 163 Å². The van der Waals surface area contributed by atoms with Crippen LogP contribution in [0.4, 0.5) is 0 Å². The molecule has 1 saturated heterocycles. The number of hydrogen-bond donors (Lipinski definition) is 3. The molecule has 3 rings (SSSR count). The third-order valence-corrected chi connectivity index (χ3v) is 4.91. The van der Waals surface area contributed by atoms with Gasteiger partial charge in [0.05, 0.1) is 12.2 Å². The molecule has 0 bridgehead atoms. The Bertz CT molecular complexity index is 938.